The zero-order valence-electron chi connectivity index (χ0n) is 15.3. The topological polar surface area (TPSA) is 49.8 Å². The van der Waals surface area contributed by atoms with E-state index in [-0.39, 0.29) is 5.82 Å². The summed E-state index contributed by atoms with van der Waals surface area (Å²) in [6, 6.07) is 21.2. The van der Waals surface area contributed by atoms with Crippen LogP contribution in [0.25, 0.3) is 22.0 Å². The summed E-state index contributed by atoms with van der Waals surface area (Å²) in [7, 11) is 1.78. The molecule has 0 aliphatic carbocycles. The van der Waals surface area contributed by atoms with Crippen LogP contribution in [0.2, 0.25) is 0 Å². The maximum absolute atomic E-state index is 15.1. The number of hydrogen-bond acceptors (Lipinski definition) is 5. The van der Waals surface area contributed by atoms with E-state index in [1.807, 2.05) is 42.5 Å². The molecular weight excluding hydrogens is 371 g/mol. The van der Waals surface area contributed by atoms with Crippen molar-refractivity contribution >= 4 is 34.5 Å². The van der Waals surface area contributed by atoms with Crippen molar-refractivity contribution in [1.29, 1.82) is 0 Å². The molecule has 0 saturated carbocycles. The molecule has 4 aromatic rings. The van der Waals surface area contributed by atoms with E-state index < -0.39 is 0 Å². The molecule has 0 radical (unpaired) electrons. The highest BCUT2D eigenvalue weighted by Gasteiger charge is 2.11. The van der Waals surface area contributed by atoms with Gasteiger partial charge in [-0.3, -0.25) is 0 Å². The Morgan fingerprint density at radius 3 is 2.68 bits per heavy atom. The summed E-state index contributed by atoms with van der Waals surface area (Å²) < 4.78 is 18.2. The second kappa shape index (κ2) is 8.27. The van der Waals surface area contributed by atoms with Crippen molar-refractivity contribution in [3.05, 3.63) is 84.3 Å². The van der Waals surface area contributed by atoms with Crippen LogP contribution in [-0.2, 0) is 5.75 Å². The average Bonchev–Trinajstić information content (AvgIpc) is 2.75. The predicted octanol–water partition coefficient (Wildman–Crippen LogP) is 5.74. The first kappa shape index (κ1) is 18.3. The SMILES string of the molecule is CNc1ncc2cc(-c3cccc(NSCc4ccccc4)c3F)ccc2n1. The molecule has 140 valence electrons. The van der Waals surface area contributed by atoms with E-state index in [9.17, 15) is 0 Å². The van der Waals surface area contributed by atoms with E-state index in [0.29, 0.717) is 17.2 Å². The fraction of sp³-hybridized carbons (Fsp3) is 0.0909. The van der Waals surface area contributed by atoms with Gasteiger partial charge in [-0.15, -0.1) is 0 Å². The van der Waals surface area contributed by atoms with Crippen molar-refractivity contribution in [2.75, 3.05) is 17.1 Å². The van der Waals surface area contributed by atoms with E-state index >= 15 is 4.39 Å². The molecule has 6 heteroatoms. The van der Waals surface area contributed by atoms with Gasteiger partial charge in [-0.05, 0) is 41.3 Å². The third-order valence-corrected chi connectivity index (χ3v) is 5.22. The van der Waals surface area contributed by atoms with Gasteiger partial charge < -0.3 is 10.0 Å². The van der Waals surface area contributed by atoms with Crippen LogP contribution in [0.3, 0.4) is 0 Å². The lowest BCUT2D eigenvalue weighted by molar-refractivity contribution is 0.636. The van der Waals surface area contributed by atoms with Crippen LogP contribution in [-0.4, -0.2) is 17.0 Å². The van der Waals surface area contributed by atoms with Crippen LogP contribution in [0.15, 0.2) is 72.9 Å². The molecule has 4 nitrogen and oxygen atoms in total. The first-order valence-electron chi connectivity index (χ1n) is 8.90. The number of rotatable bonds is 6. The van der Waals surface area contributed by atoms with Gasteiger partial charge in [-0.2, -0.15) is 0 Å². The molecule has 0 unspecified atom stereocenters. The Bertz CT molecular complexity index is 1100. The van der Waals surface area contributed by atoms with Gasteiger partial charge >= 0.3 is 0 Å². The fourth-order valence-electron chi connectivity index (χ4n) is 2.93. The summed E-state index contributed by atoms with van der Waals surface area (Å²) >= 11 is 1.47. The van der Waals surface area contributed by atoms with Crippen molar-refractivity contribution in [2.45, 2.75) is 5.75 Å². The van der Waals surface area contributed by atoms with Crippen LogP contribution in [0.1, 0.15) is 5.56 Å². The highest BCUT2D eigenvalue weighted by atomic mass is 32.2. The first-order valence-corrected chi connectivity index (χ1v) is 9.88. The molecule has 4 rings (SSSR count). The molecule has 1 aromatic heterocycles. The van der Waals surface area contributed by atoms with Crippen molar-refractivity contribution in [1.82, 2.24) is 9.97 Å². The fourth-order valence-corrected chi connectivity index (χ4v) is 3.67. The quantitative estimate of drug-likeness (QED) is 0.411. The van der Waals surface area contributed by atoms with E-state index in [0.717, 1.165) is 22.2 Å². The Kier molecular flexibility index (Phi) is 5.39. The molecule has 0 spiro atoms. The van der Waals surface area contributed by atoms with E-state index in [4.69, 9.17) is 0 Å². The largest absolute Gasteiger partial charge is 0.357 e. The Hall–Kier alpha value is -3.12. The minimum absolute atomic E-state index is 0.268. The van der Waals surface area contributed by atoms with E-state index in [2.05, 4.69) is 32.1 Å². The summed E-state index contributed by atoms with van der Waals surface area (Å²) in [5.41, 5.74) is 3.82. The predicted molar refractivity (Wildman–Crippen MR) is 116 cm³/mol. The van der Waals surface area contributed by atoms with Gasteiger partial charge in [0.15, 0.2) is 5.82 Å². The van der Waals surface area contributed by atoms with Crippen LogP contribution < -0.4 is 10.0 Å². The van der Waals surface area contributed by atoms with Gasteiger partial charge in [0.2, 0.25) is 5.95 Å². The number of anilines is 2. The van der Waals surface area contributed by atoms with Crippen LogP contribution in [0.5, 0.6) is 0 Å². The molecule has 0 saturated heterocycles. The lowest BCUT2D eigenvalue weighted by atomic mass is 10.0. The lowest BCUT2D eigenvalue weighted by Gasteiger charge is -2.11. The van der Waals surface area contributed by atoms with Crippen molar-refractivity contribution in [2.24, 2.45) is 0 Å². The number of benzene rings is 3. The molecule has 0 bridgehead atoms. The molecule has 28 heavy (non-hydrogen) atoms. The summed E-state index contributed by atoms with van der Waals surface area (Å²) in [5, 5.41) is 3.79. The van der Waals surface area contributed by atoms with E-state index in [1.54, 1.807) is 25.4 Å². The van der Waals surface area contributed by atoms with Gasteiger partial charge in [0.05, 0.1) is 11.2 Å². The maximum Gasteiger partial charge on any atom is 0.222 e. The molecule has 1 heterocycles. The van der Waals surface area contributed by atoms with Crippen molar-refractivity contribution in [3.8, 4) is 11.1 Å². The standard InChI is InChI=1S/C22H19FN4S/c1-24-22-25-13-17-12-16(10-11-19(17)26-22)18-8-5-9-20(21(18)23)27-28-14-15-6-3-2-4-7-15/h2-13,27H,14H2,1H3,(H,24,25,26). The third-order valence-electron chi connectivity index (χ3n) is 4.38. The first-order chi connectivity index (χ1) is 13.7. The van der Waals surface area contributed by atoms with E-state index in [1.165, 1.54) is 17.5 Å². The second-order valence-electron chi connectivity index (χ2n) is 6.26. The maximum atomic E-state index is 15.1. The number of fused-ring (bicyclic) bond motifs is 1. The Morgan fingerprint density at radius 2 is 1.86 bits per heavy atom. The normalized spacial score (nSPS) is 10.8. The molecule has 0 atom stereocenters. The highest BCUT2D eigenvalue weighted by molar-refractivity contribution is 7.99. The number of halogens is 1. The number of nitrogens with zero attached hydrogens (tertiary/aromatic N) is 2. The Balaban J connectivity index is 1.56. The number of hydrogen-bond donors (Lipinski definition) is 2. The van der Waals surface area contributed by atoms with Crippen LogP contribution >= 0.6 is 11.9 Å². The smallest absolute Gasteiger partial charge is 0.222 e. The molecule has 0 amide bonds. The molecule has 0 aliphatic rings. The highest BCUT2D eigenvalue weighted by Crippen LogP contribution is 2.31. The molecule has 3 aromatic carbocycles. The molecule has 0 aliphatic heterocycles. The number of nitrogens with one attached hydrogen (secondary N) is 2. The Morgan fingerprint density at radius 1 is 1.00 bits per heavy atom. The zero-order chi connectivity index (χ0) is 19.3. The van der Waals surface area contributed by atoms with Gasteiger partial charge in [0, 0.05) is 29.9 Å². The zero-order valence-corrected chi connectivity index (χ0v) is 16.1. The summed E-state index contributed by atoms with van der Waals surface area (Å²) in [4.78, 5) is 8.64. The third kappa shape index (κ3) is 3.92. The van der Waals surface area contributed by atoms with Crippen LogP contribution in [0, 0.1) is 5.82 Å². The Labute approximate surface area is 167 Å². The van der Waals surface area contributed by atoms with Crippen molar-refractivity contribution in [3.63, 3.8) is 0 Å². The summed E-state index contributed by atoms with van der Waals surface area (Å²) in [6.07, 6.45) is 1.74. The second-order valence-corrected chi connectivity index (χ2v) is 7.04. The van der Waals surface area contributed by atoms with Gasteiger partial charge in [0.1, 0.15) is 0 Å². The average molecular weight is 390 g/mol. The van der Waals surface area contributed by atoms with Crippen LogP contribution in [0.4, 0.5) is 16.0 Å². The monoisotopic (exact) mass is 390 g/mol. The minimum Gasteiger partial charge on any atom is -0.357 e. The number of aromatic nitrogens is 2. The molecule has 2 N–H and O–H groups in total. The van der Waals surface area contributed by atoms with Gasteiger partial charge in [-0.1, -0.05) is 48.5 Å². The van der Waals surface area contributed by atoms with Gasteiger partial charge in [0.25, 0.3) is 0 Å². The summed E-state index contributed by atoms with van der Waals surface area (Å²) in [5.74, 6) is 1.05. The van der Waals surface area contributed by atoms with Gasteiger partial charge in [-0.25, -0.2) is 14.4 Å². The molecule has 0 fully saturated rings. The minimum atomic E-state index is -0.268. The lowest BCUT2D eigenvalue weighted by Crippen LogP contribution is -1.96. The van der Waals surface area contributed by atoms with Crippen molar-refractivity contribution < 1.29 is 4.39 Å². The summed E-state index contributed by atoms with van der Waals surface area (Å²) in [6.45, 7) is 0. The molecular formula is C22H19FN4S.